The van der Waals surface area contributed by atoms with Crippen LogP contribution in [0.2, 0.25) is 5.02 Å². The van der Waals surface area contributed by atoms with E-state index < -0.39 is 23.1 Å². The van der Waals surface area contributed by atoms with Crippen LogP contribution in [0.3, 0.4) is 0 Å². The molecule has 2 rings (SSSR count). The second-order valence-electron chi connectivity index (χ2n) is 3.65. The summed E-state index contributed by atoms with van der Waals surface area (Å²) in [6.45, 7) is 0. The van der Waals surface area contributed by atoms with Crippen molar-refractivity contribution in [3.05, 3.63) is 58.4 Å². The van der Waals surface area contributed by atoms with Crippen LogP contribution < -0.4 is 5.32 Å². The van der Waals surface area contributed by atoms with Crippen LogP contribution >= 0.6 is 11.6 Å². The van der Waals surface area contributed by atoms with E-state index in [4.69, 9.17) is 16.9 Å². The highest BCUT2D eigenvalue weighted by Crippen LogP contribution is 2.28. The molecule has 0 aliphatic carbocycles. The molecule has 2 nitrogen and oxygen atoms in total. The lowest BCUT2D eigenvalue weighted by atomic mass is 10.2. The van der Waals surface area contributed by atoms with Gasteiger partial charge in [0.2, 0.25) is 0 Å². The van der Waals surface area contributed by atoms with Gasteiger partial charge in [0.25, 0.3) is 0 Å². The summed E-state index contributed by atoms with van der Waals surface area (Å²) in [5, 5.41) is 10.7. The second-order valence-corrected chi connectivity index (χ2v) is 4.06. The predicted octanol–water partition coefficient (Wildman–Crippen LogP) is 4.37. The molecule has 0 amide bonds. The van der Waals surface area contributed by atoms with E-state index in [1.54, 1.807) is 6.07 Å². The highest BCUT2D eigenvalue weighted by Gasteiger charge is 2.14. The monoisotopic (exact) mass is 282 g/mol. The number of rotatable bonds is 2. The van der Waals surface area contributed by atoms with Crippen LogP contribution in [-0.2, 0) is 0 Å². The Bertz CT molecular complexity index is 657. The molecule has 0 unspecified atom stereocenters. The van der Waals surface area contributed by atoms with Gasteiger partial charge in [-0.3, -0.25) is 0 Å². The fraction of sp³-hybridized carbons (Fsp3) is 0. The van der Waals surface area contributed by atoms with Gasteiger partial charge in [0, 0.05) is 0 Å². The molecule has 6 heteroatoms. The Labute approximate surface area is 112 Å². The first-order valence-corrected chi connectivity index (χ1v) is 5.51. The maximum atomic E-state index is 13.6. The molecule has 0 atom stereocenters. The number of nitrogens with zero attached hydrogens (tertiary/aromatic N) is 1. The summed E-state index contributed by atoms with van der Waals surface area (Å²) >= 11 is 5.56. The number of nitriles is 1. The number of nitrogens with one attached hydrogen (secondary N) is 1. The van der Waals surface area contributed by atoms with E-state index in [0.717, 1.165) is 12.1 Å². The fourth-order valence-electron chi connectivity index (χ4n) is 1.49. The minimum absolute atomic E-state index is 0.157. The van der Waals surface area contributed by atoms with Crippen molar-refractivity contribution >= 4 is 23.0 Å². The standard InChI is InChI=1S/C13H6ClF3N2/c14-8-2-1-3-11(12(8)17)19-13-9(15)4-7(6-18)5-10(13)16/h1-5,19H. The topological polar surface area (TPSA) is 35.8 Å². The van der Waals surface area contributed by atoms with E-state index in [1.807, 2.05) is 0 Å². The van der Waals surface area contributed by atoms with Gasteiger partial charge in [0.1, 0.15) is 5.69 Å². The summed E-state index contributed by atoms with van der Waals surface area (Å²) in [5.41, 5.74) is -0.859. The van der Waals surface area contributed by atoms with Crippen molar-refractivity contribution in [2.45, 2.75) is 0 Å². The lowest BCUT2D eigenvalue weighted by Crippen LogP contribution is -2.00. The molecule has 0 saturated carbocycles. The van der Waals surface area contributed by atoms with Crippen molar-refractivity contribution in [1.29, 1.82) is 5.26 Å². The number of anilines is 2. The summed E-state index contributed by atoms with van der Waals surface area (Å²) in [6.07, 6.45) is 0. The number of hydrogen-bond acceptors (Lipinski definition) is 2. The van der Waals surface area contributed by atoms with Crippen LogP contribution in [0.15, 0.2) is 30.3 Å². The SMILES string of the molecule is N#Cc1cc(F)c(Nc2cccc(Cl)c2F)c(F)c1. The fourth-order valence-corrected chi connectivity index (χ4v) is 1.67. The van der Waals surface area contributed by atoms with Crippen molar-refractivity contribution in [2.75, 3.05) is 5.32 Å². The molecule has 2 aromatic rings. The van der Waals surface area contributed by atoms with Crippen LogP contribution in [-0.4, -0.2) is 0 Å². The molecule has 1 N–H and O–H groups in total. The highest BCUT2D eigenvalue weighted by atomic mass is 35.5. The molecule has 0 radical (unpaired) electrons. The third kappa shape index (κ3) is 2.64. The zero-order valence-electron chi connectivity index (χ0n) is 9.35. The van der Waals surface area contributed by atoms with Gasteiger partial charge in [-0.25, -0.2) is 13.2 Å². The smallest absolute Gasteiger partial charge is 0.165 e. The molecule has 0 heterocycles. The van der Waals surface area contributed by atoms with E-state index in [0.29, 0.717) is 0 Å². The van der Waals surface area contributed by atoms with Gasteiger partial charge < -0.3 is 5.32 Å². The maximum absolute atomic E-state index is 13.6. The zero-order valence-corrected chi connectivity index (χ0v) is 10.1. The van der Waals surface area contributed by atoms with Gasteiger partial charge >= 0.3 is 0 Å². The van der Waals surface area contributed by atoms with E-state index in [9.17, 15) is 13.2 Å². The molecular formula is C13H6ClF3N2. The van der Waals surface area contributed by atoms with Gasteiger partial charge in [-0.2, -0.15) is 5.26 Å². The molecular weight excluding hydrogens is 277 g/mol. The van der Waals surface area contributed by atoms with Gasteiger partial charge in [0.05, 0.1) is 22.3 Å². The summed E-state index contributed by atoms with van der Waals surface area (Å²) in [5.74, 6) is -2.79. The van der Waals surface area contributed by atoms with Crippen molar-refractivity contribution in [3.63, 3.8) is 0 Å². The van der Waals surface area contributed by atoms with Gasteiger partial charge in [0.15, 0.2) is 17.5 Å². The molecule has 0 fully saturated rings. The molecule has 0 spiro atoms. The maximum Gasteiger partial charge on any atom is 0.165 e. The summed E-state index contributed by atoms with van der Waals surface area (Å²) in [6, 6.07) is 7.37. The van der Waals surface area contributed by atoms with Crippen molar-refractivity contribution < 1.29 is 13.2 Å². The molecule has 0 aromatic heterocycles. The molecule has 0 aliphatic rings. The normalized spacial score (nSPS) is 10.1. The number of halogens is 4. The van der Waals surface area contributed by atoms with Crippen LogP contribution in [0.5, 0.6) is 0 Å². The minimum Gasteiger partial charge on any atom is -0.348 e. The van der Waals surface area contributed by atoms with E-state index in [2.05, 4.69) is 5.32 Å². The lowest BCUT2D eigenvalue weighted by molar-refractivity contribution is 0.588. The van der Waals surface area contributed by atoms with Crippen LogP contribution in [0, 0.1) is 28.8 Å². The largest absolute Gasteiger partial charge is 0.348 e. The number of benzene rings is 2. The molecule has 96 valence electrons. The Morgan fingerprint density at radius 3 is 2.32 bits per heavy atom. The minimum atomic E-state index is -0.990. The van der Waals surface area contributed by atoms with E-state index >= 15 is 0 Å². The average Bonchev–Trinajstić information content (AvgIpc) is 2.38. The Balaban J connectivity index is 2.45. The third-order valence-electron chi connectivity index (χ3n) is 2.38. The third-order valence-corrected chi connectivity index (χ3v) is 2.67. The summed E-state index contributed by atoms with van der Waals surface area (Å²) in [7, 11) is 0. The number of hydrogen-bond donors (Lipinski definition) is 1. The van der Waals surface area contributed by atoms with Gasteiger partial charge in [-0.15, -0.1) is 0 Å². The predicted molar refractivity (Wildman–Crippen MR) is 65.8 cm³/mol. The molecule has 19 heavy (non-hydrogen) atoms. The summed E-state index contributed by atoms with van der Waals surface area (Å²) in [4.78, 5) is 0. The van der Waals surface area contributed by atoms with E-state index in [1.165, 1.54) is 18.2 Å². The van der Waals surface area contributed by atoms with E-state index in [-0.39, 0.29) is 16.3 Å². The van der Waals surface area contributed by atoms with Crippen LogP contribution in [0.1, 0.15) is 5.56 Å². The Morgan fingerprint density at radius 1 is 1.11 bits per heavy atom. The quantitative estimate of drug-likeness (QED) is 0.887. The first-order valence-electron chi connectivity index (χ1n) is 5.13. The Kier molecular flexibility index (Phi) is 3.63. The lowest BCUT2D eigenvalue weighted by Gasteiger charge is -2.10. The molecule has 2 aromatic carbocycles. The first-order chi connectivity index (χ1) is 9.02. The van der Waals surface area contributed by atoms with Gasteiger partial charge in [-0.1, -0.05) is 17.7 Å². The van der Waals surface area contributed by atoms with Crippen LogP contribution in [0.25, 0.3) is 0 Å². The Hall–Kier alpha value is -2.19. The highest BCUT2D eigenvalue weighted by molar-refractivity contribution is 6.31. The molecule has 0 aliphatic heterocycles. The molecule has 0 saturated heterocycles. The first kappa shape index (κ1) is 13.2. The van der Waals surface area contributed by atoms with Crippen molar-refractivity contribution in [3.8, 4) is 6.07 Å². The van der Waals surface area contributed by atoms with Crippen LogP contribution in [0.4, 0.5) is 24.5 Å². The second kappa shape index (κ2) is 5.21. The molecule has 0 bridgehead atoms. The average molecular weight is 283 g/mol. The Morgan fingerprint density at radius 2 is 1.74 bits per heavy atom. The zero-order chi connectivity index (χ0) is 14.0. The van der Waals surface area contributed by atoms with Gasteiger partial charge in [-0.05, 0) is 24.3 Å². The summed E-state index contributed by atoms with van der Waals surface area (Å²) < 4.78 is 40.8. The van der Waals surface area contributed by atoms with Crippen molar-refractivity contribution in [1.82, 2.24) is 0 Å². The van der Waals surface area contributed by atoms with Crippen molar-refractivity contribution in [2.24, 2.45) is 0 Å².